The predicted octanol–water partition coefficient (Wildman–Crippen LogP) is 7.61. The Morgan fingerprint density at radius 1 is 1.09 bits per heavy atom. The van der Waals surface area contributed by atoms with Crippen LogP contribution in [0, 0.1) is 18.3 Å². The van der Waals surface area contributed by atoms with Crippen LogP contribution in [0.1, 0.15) is 18.1 Å². The first-order chi connectivity index (χ1) is 15.8. The van der Waals surface area contributed by atoms with Crippen molar-refractivity contribution in [2.45, 2.75) is 13.8 Å². The Bertz CT molecular complexity index is 1260. The maximum atomic E-state index is 9.70. The van der Waals surface area contributed by atoms with Gasteiger partial charge in [0.05, 0.1) is 28.6 Å². The molecule has 0 fully saturated rings. The zero-order valence-electron chi connectivity index (χ0n) is 18.3. The highest BCUT2D eigenvalue weighted by molar-refractivity contribution is 6.35. The Morgan fingerprint density at radius 3 is 2.55 bits per heavy atom. The van der Waals surface area contributed by atoms with Gasteiger partial charge in [-0.15, -0.1) is 0 Å². The fourth-order valence-corrected chi connectivity index (χ4v) is 3.45. The van der Waals surface area contributed by atoms with E-state index in [4.69, 9.17) is 38.4 Å². The molecule has 0 spiro atoms. The van der Waals surface area contributed by atoms with Crippen LogP contribution >= 0.6 is 23.2 Å². The third-order valence-electron chi connectivity index (χ3n) is 4.63. The van der Waals surface area contributed by atoms with Crippen molar-refractivity contribution in [1.82, 2.24) is 0 Å². The molecule has 0 saturated heterocycles. The van der Waals surface area contributed by atoms with Crippen LogP contribution in [0.15, 0.2) is 72.4 Å². The molecule has 0 aliphatic carbocycles. The molecule has 33 heavy (non-hydrogen) atoms. The number of nitrogens with two attached hydrogens (primary N) is 1. The minimum Gasteiger partial charge on any atom is -0.490 e. The van der Waals surface area contributed by atoms with Crippen molar-refractivity contribution in [2.75, 3.05) is 17.7 Å². The normalized spacial score (nSPS) is 10.9. The van der Waals surface area contributed by atoms with E-state index >= 15 is 0 Å². The summed E-state index contributed by atoms with van der Waals surface area (Å²) in [4.78, 5) is 0. The summed E-state index contributed by atoms with van der Waals surface area (Å²) in [5.74, 6) is 1.45. The van der Waals surface area contributed by atoms with Crippen molar-refractivity contribution < 1.29 is 9.47 Å². The van der Waals surface area contributed by atoms with Crippen LogP contribution in [0.4, 0.5) is 11.4 Å². The van der Waals surface area contributed by atoms with E-state index in [-0.39, 0.29) is 0 Å². The van der Waals surface area contributed by atoms with E-state index in [1.165, 1.54) is 0 Å². The molecule has 0 aliphatic rings. The van der Waals surface area contributed by atoms with Crippen LogP contribution in [0.25, 0.3) is 6.08 Å². The Balaban J connectivity index is 1.88. The van der Waals surface area contributed by atoms with Crippen LogP contribution in [0.3, 0.4) is 0 Å². The van der Waals surface area contributed by atoms with Crippen LogP contribution in [0.5, 0.6) is 17.2 Å². The van der Waals surface area contributed by atoms with Gasteiger partial charge in [0.1, 0.15) is 11.8 Å². The van der Waals surface area contributed by atoms with E-state index in [0.717, 1.165) is 11.1 Å². The van der Waals surface area contributed by atoms with E-state index < -0.39 is 0 Å². The van der Waals surface area contributed by atoms with Gasteiger partial charge in [0.25, 0.3) is 0 Å². The average Bonchev–Trinajstić information content (AvgIpc) is 2.78. The van der Waals surface area contributed by atoms with Crippen LogP contribution in [-0.4, -0.2) is 6.61 Å². The molecule has 3 aromatic rings. The molecule has 0 amide bonds. The maximum Gasteiger partial charge on any atom is 0.169 e. The second-order valence-electron chi connectivity index (χ2n) is 7.18. The molecule has 0 saturated carbocycles. The molecule has 0 heterocycles. The lowest BCUT2D eigenvalue weighted by molar-refractivity contribution is 0.321. The molecular formula is C26H23Cl2N3O2. The lowest BCUT2D eigenvalue weighted by Gasteiger charge is -2.14. The summed E-state index contributed by atoms with van der Waals surface area (Å²) in [6.45, 7) is 8.27. The van der Waals surface area contributed by atoms with Gasteiger partial charge in [0.15, 0.2) is 11.5 Å². The molecule has 7 heteroatoms. The van der Waals surface area contributed by atoms with Crippen molar-refractivity contribution in [3.63, 3.8) is 0 Å². The Labute approximate surface area is 203 Å². The number of aryl methyl sites for hydroxylation is 1. The minimum atomic E-state index is 0.354. The van der Waals surface area contributed by atoms with Gasteiger partial charge < -0.3 is 20.5 Å². The lowest BCUT2D eigenvalue weighted by atomic mass is 10.1. The molecule has 168 valence electrons. The van der Waals surface area contributed by atoms with Crippen molar-refractivity contribution >= 4 is 40.7 Å². The highest BCUT2D eigenvalue weighted by Gasteiger charge is 2.12. The van der Waals surface area contributed by atoms with Crippen LogP contribution in [-0.2, 0) is 0 Å². The summed E-state index contributed by atoms with van der Waals surface area (Å²) >= 11 is 12.2. The number of benzene rings is 3. The first-order valence-electron chi connectivity index (χ1n) is 10.1. The Morgan fingerprint density at radius 2 is 1.85 bits per heavy atom. The fourth-order valence-electron chi connectivity index (χ4n) is 3.01. The summed E-state index contributed by atoms with van der Waals surface area (Å²) in [5, 5.41) is 13.7. The van der Waals surface area contributed by atoms with Crippen molar-refractivity contribution in [1.29, 1.82) is 5.26 Å². The number of nitrogens with one attached hydrogen (secondary N) is 1. The molecule has 0 atom stereocenters. The maximum absolute atomic E-state index is 9.70. The topological polar surface area (TPSA) is 80.3 Å². The van der Waals surface area contributed by atoms with E-state index in [2.05, 4.69) is 18.0 Å². The number of ether oxygens (including phenoxy) is 2. The van der Waals surface area contributed by atoms with E-state index in [9.17, 15) is 5.26 Å². The molecule has 3 aromatic carbocycles. The Hall–Kier alpha value is -3.59. The standard InChI is InChI=1S/C26H23Cl2N3O2/c1-4-32-26-13-18(6-9-25(26)33-24-10-7-20(27)14-21(24)28)12-19(15-29)17(3)31-23-11-16(2)5-8-22(23)30/h5-14,31H,3-4,30H2,1-2H3/b19-12+. The monoisotopic (exact) mass is 479 g/mol. The smallest absolute Gasteiger partial charge is 0.169 e. The van der Waals surface area contributed by atoms with E-state index in [1.807, 2.05) is 32.0 Å². The number of rotatable bonds is 8. The highest BCUT2D eigenvalue weighted by Crippen LogP contribution is 2.37. The van der Waals surface area contributed by atoms with Gasteiger partial charge in [-0.25, -0.2) is 0 Å². The zero-order valence-corrected chi connectivity index (χ0v) is 19.8. The third-order valence-corrected chi connectivity index (χ3v) is 5.16. The predicted molar refractivity (Wildman–Crippen MR) is 136 cm³/mol. The van der Waals surface area contributed by atoms with E-state index in [0.29, 0.717) is 56.5 Å². The molecule has 0 aliphatic heterocycles. The van der Waals surface area contributed by atoms with Crippen molar-refractivity contribution in [2.24, 2.45) is 0 Å². The first-order valence-corrected chi connectivity index (χ1v) is 10.9. The van der Waals surface area contributed by atoms with Crippen molar-refractivity contribution in [3.05, 3.63) is 93.6 Å². The fraction of sp³-hybridized carbons (Fsp3) is 0.115. The molecule has 5 nitrogen and oxygen atoms in total. The highest BCUT2D eigenvalue weighted by atomic mass is 35.5. The molecule has 0 radical (unpaired) electrons. The van der Waals surface area contributed by atoms with Gasteiger partial charge in [0, 0.05) is 10.7 Å². The van der Waals surface area contributed by atoms with Crippen LogP contribution < -0.4 is 20.5 Å². The number of nitrogen functional groups attached to an aromatic ring is 1. The molecular weight excluding hydrogens is 457 g/mol. The van der Waals surface area contributed by atoms with Gasteiger partial charge in [-0.05, 0) is 73.5 Å². The summed E-state index contributed by atoms with van der Waals surface area (Å²) in [7, 11) is 0. The molecule has 0 unspecified atom stereocenters. The number of hydrogen-bond acceptors (Lipinski definition) is 5. The second-order valence-corrected chi connectivity index (χ2v) is 8.02. The summed E-state index contributed by atoms with van der Waals surface area (Å²) in [6.07, 6.45) is 1.71. The van der Waals surface area contributed by atoms with Gasteiger partial charge in [0.2, 0.25) is 0 Å². The van der Waals surface area contributed by atoms with Gasteiger partial charge in [-0.1, -0.05) is 41.9 Å². The molecule has 3 N–H and O–H groups in total. The molecule has 3 rings (SSSR count). The summed E-state index contributed by atoms with van der Waals surface area (Å²) < 4.78 is 11.7. The summed E-state index contributed by atoms with van der Waals surface area (Å²) in [5.41, 5.74) is 9.86. The van der Waals surface area contributed by atoms with Crippen LogP contribution in [0.2, 0.25) is 10.0 Å². The average molecular weight is 480 g/mol. The number of hydrogen-bond donors (Lipinski definition) is 2. The minimum absolute atomic E-state index is 0.354. The number of anilines is 2. The lowest BCUT2D eigenvalue weighted by Crippen LogP contribution is -2.03. The number of halogens is 2. The quantitative estimate of drug-likeness (QED) is 0.197. The largest absolute Gasteiger partial charge is 0.490 e. The zero-order chi connectivity index (χ0) is 24.0. The van der Waals surface area contributed by atoms with E-state index in [1.54, 1.807) is 42.5 Å². The Kier molecular flexibility index (Phi) is 7.89. The molecule has 0 bridgehead atoms. The summed E-state index contributed by atoms with van der Waals surface area (Å²) in [6, 6.07) is 18.1. The first kappa shape index (κ1) is 24.1. The number of allylic oxidation sites excluding steroid dienone is 1. The SMILES string of the molecule is C=C(Nc1cc(C)ccc1N)/C(C#N)=C/c1ccc(Oc2ccc(Cl)cc2Cl)c(OCC)c1. The van der Waals surface area contributed by atoms with Gasteiger partial charge in [-0.3, -0.25) is 0 Å². The molecule has 0 aromatic heterocycles. The third kappa shape index (κ3) is 6.23. The van der Waals surface area contributed by atoms with Gasteiger partial charge in [-0.2, -0.15) is 5.26 Å². The van der Waals surface area contributed by atoms with Gasteiger partial charge >= 0.3 is 0 Å². The number of nitrogens with zero attached hydrogens (tertiary/aromatic N) is 1. The van der Waals surface area contributed by atoms with Crippen molar-refractivity contribution in [3.8, 4) is 23.3 Å². The second kappa shape index (κ2) is 10.8. The number of nitriles is 1.